The summed E-state index contributed by atoms with van der Waals surface area (Å²) in [5, 5.41) is 0. The first-order valence-electron chi connectivity index (χ1n) is 3.87. The van der Waals surface area contributed by atoms with Crippen LogP contribution in [0.5, 0.6) is 6.01 Å². The van der Waals surface area contributed by atoms with Crippen molar-refractivity contribution < 1.29 is 14.3 Å². The molecule has 0 fully saturated rings. The molecule has 5 nitrogen and oxygen atoms in total. The zero-order valence-corrected chi connectivity index (χ0v) is 8.89. The normalized spacial score (nSPS) is 18.6. The van der Waals surface area contributed by atoms with Crippen LogP contribution in [0, 0.1) is 0 Å². The van der Waals surface area contributed by atoms with Gasteiger partial charge in [0.25, 0.3) is 0 Å². The Hall–Kier alpha value is -1.30. The summed E-state index contributed by atoms with van der Waals surface area (Å²) in [6.45, 7) is 0. The van der Waals surface area contributed by atoms with Gasteiger partial charge in [0.1, 0.15) is 4.95 Å². The van der Waals surface area contributed by atoms with E-state index in [9.17, 15) is 4.79 Å². The number of esters is 1. The number of aromatic nitrogens is 2. The highest BCUT2D eigenvalue weighted by Crippen LogP contribution is 2.27. The average molecular weight is 259 g/mol. The van der Waals surface area contributed by atoms with E-state index in [4.69, 9.17) is 4.74 Å². The average Bonchev–Trinajstić information content (AvgIpc) is 2.62. The number of carbonyl (C=O) groups excluding carboxylic acids is 1. The van der Waals surface area contributed by atoms with Gasteiger partial charge in [-0.1, -0.05) is 15.9 Å². The van der Waals surface area contributed by atoms with Gasteiger partial charge in [-0.25, -0.2) is 4.79 Å². The Balaban J connectivity index is 2.37. The predicted octanol–water partition coefficient (Wildman–Crippen LogP) is 1.47. The summed E-state index contributed by atoms with van der Waals surface area (Å²) < 4.78 is 11.3. The van der Waals surface area contributed by atoms with E-state index in [1.54, 1.807) is 16.8 Å². The molecule has 14 heavy (non-hydrogen) atoms. The molecule has 0 spiro atoms. The molecule has 0 aliphatic carbocycles. The number of rotatable bonds is 1. The van der Waals surface area contributed by atoms with Gasteiger partial charge in [0, 0.05) is 6.20 Å². The number of nitrogens with zero attached hydrogens (tertiary/aromatic N) is 2. The van der Waals surface area contributed by atoms with Gasteiger partial charge in [-0.2, -0.15) is 4.98 Å². The topological polar surface area (TPSA) is 53.4 Å². The number of alkyl halides is 1. The molecule has 0 saturated heterocycles. The number of allylic oxidation sites excluding steroid dienone is 1. The molecule has 74 valence electrons. The first kappa shape index (κ1) is 9.26. The van der Waals surface area contributed by atoms with E-state index in [1.165, 1.54) is 13.4 Å². The molecule has 2 heterocycles. The highest BCUT2D eigenvalue weighted by atomic mass is 79.9. The van der Waals surface area contributed by atoms with Crippen LogP contribution in [-0.4, -0.2) is 22.6 Å². The van der Waals surface area contributed by atoms with E-state index < -0.39 is 5.97 Å². The van der Waals surface area contributed by atoms with Crippen molar-refractivity contribution in [3.8, 4) is 6.01 Å². The number of fused-ring (bicyclic) bond motifs is 1. The molecule has 0 N–H and O–H groups in total. The quantitative estimate of drug-likeness (QED) is 0.566. The fourth-order valence-corrected chi connectivity index (χ4v) is 1.52. The molecule has 1 aromatic heterocycles. The van der Waals surface area contributed by atoms with Crippen molar-refractivity contribution in [1.82, 2.24) is 9.55 Å². The van der Waals surface area contributed by atoms with Gasteiger partial charge in [-0.3, -0.25) is 4.57 Å². The van der Waals surface area contributed by atoms with Crippen LogP contribution in [0.15, 0.2) is 18.5 Å². The molecule has 0 amide bonds. The van der Waals surface area contributed by atoms with Crippen LogP contribution >= 0.6 is 15.9 Å². The Kier molecular flexibility index (Phi) is 2.28. The van der Waals surface area contributed by atoms with Crippen LogP contribution in [0.2, 0.25) is 0 Å². The van der Waals surface area contributed by atoms with E-state index in [1.807, 2.05) is 0 Å². The first-order valence-corrected chi connectivity index (χ1v) is 4.78. The smallest absolute Gasteiger partial charge is 0.358 e. The van der Waals surface area contributed by atoms with Crippen molar-refractivity contribution in [2.75, 3.05) is 7.11 Å². The lowest BCUT2D eigenvalue weighted by molar-refractivity contribution is 0.0594. The third-order valence-corrected chi connectivity index (χ3v) is 2.52. The third-order valence-electron chi connectivity index (χ3n) is 1.77. The molecule has 2 rings (SSSR count). The Morgan fingerprint density at radius 2 is 2.57 bits per heavy atom. The summed E-state index contributed by atoms with van der Waals surface area (Å²) >= 11 is 3.38. The zero-order valence-electron chi connectivity index (χ0n) is 7.31. The van der Waals surface area contributed by atoms with Crippen LogP contribution in [-0.2, 0) is 4.74 Å². The highest BCUT2D eigenvalue weighted by molar-refractivity contribution is 9.09. The number of hydrogen-bond acceptors (Lipinski definition) is 4. The second-order valence-corrected chi connectivity index (χ2v) is 3.56. The minimum atomic E-state index is -0.477. The van der Waals surface area contributed by atoms with E-state index in [0.717, 1.165) is 0 Å². The van der Waals surface area contributed by atoms with Gasteiger partial charge in [0.05, 0.1) is 13.4 Å². The Morgan fingerprint density at radius 1 is 1.79 bits per heavy atom. The summed E-state index contributed by atoms with van der Waals surface area (Å²) in [4.78, 5) is 15.1. The standard InChI is InChI=1S/C8H7BrN2O3/c1-13-7(12)5-4-11-6(9)2-3-14-8(11)10-5/h2-4,6H,1H3/t6-/m0/s1. The summed E-state index contributed by atoms with van der Waals surface area (Å²) in [5.74, 6) is -0.477. The van der Waals surface area contributed by atoms with Gasteiger partial charge < -0.3 is 9.47 Å². The maximum absolute atomic E-state index is 11.1. The van der Waals surface area contributed by atoms with Crippen molar-refractivity contribution in [3.63, 3.8) is 0 Å². The van der Waals surface area contributed by atoms with Crippen molar-refractivity contribution >= 4 is 21.9 Å². The Morgan fingerprint density at radius 3 is 3.21 bits per heavy atom. The van der Waals surface area contributed by atoms with E-state index >= 15 is 0 Å². The minimum Gasteiger partial charge on any atom is -0.464 e. The molecule has 0 radical (unpaired) electrons. The molecule has 6 heteroatoms. The van der Waals surface area contributed by atoms with Crippen LogP contribution < -0.4 is 4.74 Å². The summed E-state index contributed by atoms with van der Waals surface area (Å²) in [6, 6.07) is 0.370. The molecule has 0 saturated carbocycles. The largest absolute Gasteiger partial charge is 0.464 e. The monoisotopic (exact) mass is 258 g/mol. The van der Waals surface area contributed by atoms with Gasteiger partial charge in [-0.05, 0) is 6.08 Å². The minimum absolute atomic E-state index is 0.0443. The number of carbonyl (C=O) groups is 1. The highest BCUT2D eigenvalue weighted by Gasteiger charge is 2.20. The molecule has 1 atom stereocenters. The van der Waals surface area contributed by atoms with E-state index in [0.29, 0.717) is 6.01 Å². The van der Waals surface area contributed by atoms with Crippen LogP contribution in [0.25, 0.3) is 0 Å². The fourth-order valence-electron chi connectivity index (χ4n) is 1.10. The van der Waals surface area contributed by atoms with Crippen molar-refractivity contribution in [1.29, 1.82) is 0 Å². The van der Waals surface area contributed by atoms with Crippen molar-refractivity contribution in [3.05, 3.63) is 24.2 Å². The fraction of sp³-hybridized carbons (Fsp3) is 0.250. The van der Waals surface area contributed by atoms with Crippen LogP contribution in [0.3, 0.4) is 0 Å². The third kappa shape index (κ3) is 1.41. The van der Waals surface area contributed by atoms with Gasteiger partial charge in [-0.15, -0.1) is 0 Å². The SMILES string of the molecule is COC(=O)c1cn2c(n1)OC=C[C@H]2Br. The molecular weight excluding hydrogens is 252 g/mol. The summed E-state index contributed by atoms with van der Waals surface area (Å²) in [7, 11) is 1.31. The molecule has 0 aromatic carbocycles. The number of halogens is 1. The van der Waals surface area contributed by atoms with Gasteiger partial charge in [0.15, 0.2) is 5.69 Å². The second-order valence-electron chi connectivity index (χ2n) is 2.63. The lowest BCUT2D eigenvalue weighted by Gasteiger charge is -2.13. The van der Waals surface area contributed by atoms with Crippen molar-refractivity contribution in [2.45, 2.75) is 4.95 Å². The molecule has 1 aliphatic rings. The molecule has 0 unspecified atom stereocenters. The predicted molar refractivity (Wildman–Crippen MR) is 51.3 cm³/mol. The lowest BCUT2D eigenvalue weighted by atomic mass is 10.5. The summed E-state index contributed by atoms with van der Waals surface area (Å²) in [5.41, 5.74) is 0.232. The Labute approximate surface area is 88.5 Å². The summed E-state index contributed by atoms with van der Waals surface area (Å²) in [6.07, 6.45) is 4.88. The molecule has 1 aromatic rings. The number of ether oxygens (including phenoxy) is 2. The maximum atomic E-state index is 11.1. The van der Waals surface area contributed by atoms with E-state index in [-0.39, 0.29) is 10.6 Å². The second kappa shape index (κ2) is 3.45. The van der Waals surface area contributed by atoms with Gasteiger partial charge >= 0.3 is 12.0 Å². The number of methoxy groups -OCH3 is 1. The number of imidazole rings is 1. The van der Waals surface area contributed by atoms with Crippen LogP contribution in [0.1, 0.15) is 15.4 Å². The maximum Gasteiger partial charge on any atom is 0.358 e. The molecule has 1 aliphatic heterocycles. The Bertz CT molecular complexity index is 399. The number of hydrogen-bond donors (Lipinski definition) is 0. The lowest BCUT2D eigenvalue weighted by Crippen LogP contribution is -2.05. The van der Waals surface area contributed by atoms with Gasteiger partial charge in [0.2, 0.25) is 0 Å². The molecular formula is C8H7BrN2O3. The first-order chi connectivity index (χ1) is 6.72. The van der Waals surface area contributed by atoms with Crippen LogP contribution in [0.4, 0.5) is 0 Å². The van der Waals surface area contributed by atoms with E-state index in [2.05, 4.69) is 25.7 Å². The molecule has 0 bridgehead atoms. The zero-order chi connectivity index (χ0) is 10.1. The van der Waals surface area contributed by atoms with Crippen molar-refractivity contribution in [2.24, 2.45) is 0 Å².